The van der Waals surface area contributed by atoms with Gasteiger partial charge in [-0.25, -0.2) is 0 Å². The summed E-state index contributed by atoms with van der Waals surface area (Å²) in [5.74, 6) is -0.198. The van der Waals surface area contributed by atoms with Gasteiger partial charge >= 0.3 is 6.18 Å². The quantitative estimate of drug-likeness (QED) is 0.481. The van der Waals surface area contributed by atoms with Crippen molar-refractivity contribution in [3.8, 4) is 0 Å². The van der Waals surface area contributed by atoms with E-state index >= 15 is 0 Å². The summed E-state index contributed by atoms with van der Waals surface area (Å²) in [4.78, 5) is 19.2. The van der Waals surface area contributed by atoms with Crippen LogP contribution in [-0.4, -0.2) is 94.4 Å². The van der Waals surface area contributed by atoms with E-state index in [1.165, 1.54) is 19.3 Å². The van der Waals surface area contributed by atoms with Crippen molar-refractivity contribution in [1.82, 2.24) is 20.4 Å². The van der Waals surface area contributed by atoms with Gasteiger partial charge in [-0.1, -0.05) is 19.3 Å². The maximum absolute atomic E-state index is 12.4. The number of amides is 1. The lowest BCUT2D eigenvalue weighted by Crippen LogP contribution is -2.52. The number of guanidine groups is 1. The van der Waals surface area contributed by atoms with Gasteiger partial charge < -0.3 is 20.3 Å². The number of carbonyl (C=O) groups is 1. The number of carbonyl (C=O) groups excluding carboxylic acids is 1. The minimum Gasteiger partial charge on any atom is -0.379 e. The fourth-order valence-electron chi connectivity index (χ4n) is 4.07. The molecule has 1 aliphatic heterocycles. The van der Waals surface area contributed by atoms with Crippen molar-refractivity contribution in [1.29, 1.82) is 0 Å². The van der Waals surface area contributed by atoms with Crippen LogP contribution in [0.1, 0.15) is 32.1 Å². The fraction of sp³-hybridized carbons (Fsp3) is 0.895. The van der Waals surface area contributed by atoms with Crippen LogP contribution < -0.4 is 10.6 Å². The summed E-state index contributed by atoms with van der Waals surface area (Å²) in [6.07, 6.45) is 1.48. The zero-order chi connectivity index (χ0) is 21.3. The number of ether oxygens (including phenoxy) is 1. The van der Waals surface area contributed by atoms with E-state index in [1.807, 2.05) is 0 Å². The van der Waals surface area contributed by atoms with Crippen molar-refractivity contribution < 1.29 is 22.7 Å². The number of aliphatic imine (C=N–C) groups is 1. The number of hydrogen-bond donors (Lipinski definition) is 2. The standard InChI is InChI=1S/C19H34F3N5O2/c1-23-17(24-12-16(28)26(2)15-19(20,21)22)25-13-18(6-4-3-5-7-18)14-27-8-10-29-11-9-27/h3-15H2,1-2H3,(H2,23,24,25). The number of rotatable bonds is 7. The summed E-state index contributed by atoms with van der Waals surface area (Å²) < 4.78 is 42.7. The van der Waals surface area contributed by atoms with Crippen LogP contribution in [0.4, 0.5) is 13.2 Å². The molecule has 2 rings (SSSR count). The molecular formula is C19H34F3N5O2. The van der Waals surface area contributed by atoms with Crippen LogP contribution in [0.25, 0.3) is 0 Å². The number of nitrogens with one attached hydrogen (secondary N) is 2. The van der Waals surface area contributed by atoms with Crippen molar-refractivity contribution in [3.05, 3.63) is 0 Å². The summed E-state index contributed by atoms with van der Waals surface area (Å²) in [6, 6.07) is 0. The Morgan fingerprint density at radius 3 is 2.41 bits per heavy atom. The van der Waals surface area contributed by atoms with Crippen LogP contribution in [0.5, 0.6) is 0 Å². The Balaban J connectivity index is 1.85. The first kappa shape index (κ1) is 23.7. The molecule has 0 unspecified atom stereocenters. The smallest absolute Gasteiger partial charge is 0.379 e. The molecule has 1 heterocycles. The predicted molar refractivity (Wildman–Crippen MR) is 106 cm³/mol. The van der Waals surface area contributed by atoms with Gasteiger partial charge in [0.25, 0.3) is 0 Å². The summed E-state index contributed by atoms with van der Waals surface area (Å²) in [5.41, 5.74) is 0.129. The van der Waals surface area contributed by atoms with Crippen molar-refractivity contribution >= 4 is 11.9 Å². The molecule has 168 valence electrons. The van der Waals surface area contributed by atoms with E-state index in [9.17, 15) is 18.0 Å². The Labute approximate surface area is 171 Å². The summed E-state index contributed by atoms with van der Waals surface area (Å²) in [5, 5.41) is 6.14. The molecule has 0 aromatic carbocycles. The zero-order valence-corrected chi connectivity index (χ0v) is 17.5. The second kappa shape index (κ2) is 11.0. The van der Waals surface area contributed by atoms with Gasteiger partial charge in [-0.05, 0) is 12.8 Å². The summed E-state index contributed by atoms with van der Waals surface area (Å²) in [6.45, 7) is 3.62. The molecule has 7 nitrogen and oxygen atoms in total. The molecule has 1 amide bonds. The first-order valence-electron chi connectivity index (χ1n) is 10.3. The average molecular weight is 422 g/mol. The van der Waals surface area contributed by atoms with Crippen LogP contribution in [0.3, 0.4) is 0 Å². The molecule has 10 heteroatoms. The van der Waals surface area contributed by atoms with Gasteiger partial charge in [-0.15, -0.1) is 0 Å². The van der Waals surface area contributed by atoms with Crippen molar-refractivity contribution in [3.63, 3.8) is 0 Å². The SMILES string of the molecule is CN=C(NCC(=O)N(C)CC(F)(F)F)NCC1(CN2CCOCC2)CCCCC1. The van der Waals surface area contributed by atoms with Gasteiger partial charge in [0.2, 0.25) is 5.91 Å². The highest BCUT2D eigenvalue weighted by Crippen LogP contribution is 2.36. The normalized spacial score (nSPS) is 20.9. The summed E-state index contributed by atoms with van der Waals surface area (Å²) >= 11 is 0. The largest absolute Gasteiger partial charge is 0.406 e. The Morgan fingerprint density at radius 2 is 1.83 bits per heavy atom. The molecule has 2 aliphatic rings. The van der Waals surface area contributed by atoms with Crippen LogP contribution in [-0.2, 0) is 9.53 Å². The topological polar surface area (TPSA) is 69.2 Å². The Bertz CT molecular complexity index is 544. The molecule has 0 spiro atoms. The van der Waals surface area contributed by atoms with Gasteiger partial charge in [0.05, 0.1) is 19.8 Å². The number of alkyl halides is 3. The van der Waals surface area contributed by atoms with E-state index in [-0.39, 0.29) is 12.0 Å². The number of nitrogens with zero attached hydrogens (tertiary/aromatic N) is 3. The molecule has 0 bridgehead atoms. The molecule has 0 radical (unpaired) electrons. The molecule has 2 N–H and O–H groups in total. The Kier molecular flexibility index (Phi) is 9.01. The van der Waals surface area contributed by atoms with E-state index in [2.05, 4.69) is 20.5 Å². The minimum atomic E-state index is -4.41. The average Bonchev–Trinajstić information content (AvgIpc) is 2.68. The van der Waals surface area contributed by atoms with Gasteiger partial charge in [-0.3, -0.25) is 14.7 Å². The Hall–Kier alpha value is -1.55. The van der Waals surface area contributed by atoms with E-state index in [1.54, 1.807) is 7.05 Å². The molecule has 1 aliphatic carbocycles. The highest BCUT2D eigenvalue weighted by Gasteiger charge is 2.35. The molecule has 0 aromatic rings. The predicted octanol–water partition coefficient (Wildman–Crippen LogP) is 1.45. The van der Waals surface area contributed by atoms with Crippen LogP contribution >= 0.6 is 0 Å². The van der Waals surface area contributed by atoms with Crippen molar-refractivity contribution in [2.24, 2.45) is 10.4 Å². The molecule has 0 atom stereocenters. The lowest BCUT2D eigenvalue weighted by Gasteiger charge is -2.42. The molecule has 29 heavy (non-hydrogen) atoms. The highest BCUT2D eigenvalue weighted by molar-refractivity contribution is 5.86. The lowest BCUT2D eigenvalue weighted by atomic mass is 9.73. The number of halogens is 3. The number of hydrogen-bond acceptors (Lipinski definition) is 4. The molecule has 0 aromatic heterocycles. The summed E-state index contributed by atoms with van der Waals surface area (Å²) in [7, 11) is 2.74. The second-order valence-electron chi connectivity index (χ2n) is 8.09. The zero-order valence-electron chi connectivity index (χ0n) is 17.5. The second-order valence-corrected chi connectivity index (χ2v) is 8.09. The van der Waals surface area contributed by atoms with E-state index in [4.69, 9.17) is 4.74 Å². The monoisotopic (exact) mass is 421 g/mol. The fourth-order valence-corrected chi connectivity index (χ4v) is 4.07. The van der Waals surface area contributed by atoms with Crippen LogP contribution in [0.2, 0.25) is 0 Å². The molecule has 1 saturated carbocycles. The van der Waals surface area contributed by atoms with Crippen molar-refractivity contribution in [2.45, 2.75) is 38.3 Å². The van der Waals surface area contributed by atoms with Crippen molar-refractivity contribution in [2.75, 3.05) is 66.6 Å². The van der Waals surface area contributed by atoms with Gasteiger partial charge in [0.15, 0.2) is 5.96 Å². The lowest BCUT2D eigenvalue weighted by molar-refractivity contribution is -0.157. The Morgan fingerprint density at radius 1 is 1.17 bits per heavy atom. The van der Waals surface area contributed by atoms with E-state index in [0.717, 1.165) is 59.3 Å². The molecular weight excluding hydrogens is 387 g/mol. The maximum Gasteiger partial charge on any atom is 0.406 e. The van der Waals surface area contributed by atoms with Gasteiger partial charge in [0, 0.05) is 45.7 Å². The third kappa shape index (κ3) is 8.38. The maximum atomic E-state index is 12.4. The third-order valence-corrected chi connectivity index (χ3v) is 5.68. The van der Waals surface area contributed by atoms with Gasteiger partial charge in [0.1, 0.15) is 6.54 Å². The first-order valence-corrected chi connectivity index (χ1v) is 10.3. The minimum absolute atomic E-state index is 0.129. The molecule has 1 saturated heterocycles. The van der Waals surface area contributed by atoms with Crippen LogP contribution in [0.15, 0.2) is 4.99 Å². The molecule has 2 fully saturated rings. The number of likely N-dealkylation sites (N-methyl/N-ethyl adjacent to an activating group) is 1. The highest BCUT2D eigenvalue weighted by atomic mass is 19.4. The van der Waals surface area contributed by atoms with E-state index in [0.29, 0.717) is 10.9 Å². The number of morpholine rings is 1. The van der Waals surface area contributed by atoms with E-state index < -0.39 is 18.6 Å². The van der Waals surface area contributed by atoms with Gasteiger partial charge in [-0.2, -0.15) is 13.2 Å². The van der Waals surface area contributed by atoms with Crippen LogP contribution in [0, 0.1) is 5.41 Å². The third-order valence-electron chi connectivity index (χ3n) is 5.68. The first-order chi connectivity index (χ1) is 13.7.